The molecule has 2 heterocycles. The maximum atomic E-state index is 3.99. The molecule has 0 fully saturated rings. The second-order valence-corrected chi connectivity index (χ2v) is 2.39. The van der Waals surface area contributed by atoms with E-state index < -0.39 is 0 Å². The van der Waals surface area contributed by atoms with Crippen molar-refractivity contribution in [2.45, 2.75) is 0 Å². The minimum absolute atomic E-state index is 0.949. The molecule has 0 bridgehead atoms. The Morgan fingerprint density at radius 2 is 2.33 bits per heavy atom. The minimum Gasteiger partial charge on any atom is -0.244 e. The molecule has 0 N–H and O–H groups in total. The molecule has 3 nitrogen and oxygen atoms in total. The lowest BCUT2D eigenvalue weighted by Crippen LogP contribution is -1.71. The summed E-state index contributed by atoms with van der Waals surface area (Å²) in [6.45, 7) is 0. The summed E-state index contributed by atoms with van der Waals surface area (Å²) in [5.74, 6) is 0. The Bertz CT molecular complexity index is 286. The van der Waals surface area contributed by atoms with E-state index in [4.69, 9.17) is 0 Å². The number of aromatic nitrogens is 3. The highest BCUT2D eigenvalue weighted by Gasteiger charge is 1.92. The first-order valence-corrected chi connectivity index (χ1v) is 3.24. The molecule has 0 spiro atoms. The van der Waals surface area contributed by atoms with Gasteiger partial charge in [-0.2, -0.15) is 4.37 Å². The van der Waals surface area contributed by atoms with Gasteiger partial charge in [-0.3, -0.25) is 0 Å². The zero-order valence-corrected chi connectivity index (χ0v) is 5.30. The number of hydrogen-bond acceptors (Lipinski definition) is 4. The maximum absolute atomic E-state index is 3.99. The quantitative estimate of drug-likeness (QED) is 0.545. The standard InChI is InChI=1S/C5H3N3S/c1-4-2-8-9-5(4)7-3-6-1/h1-3H. The lowest BCUT2D eigenvalue weighted by molar-refractivity contribution is 1.23. The molecular formula is C5H3N3S. The third-order valence-corrected chi connectivity index (χ3v) is 1.76. The molecule has 0 amide bonds. The van der Waals surface area contributed by atoms with E-state index in [0.29, 0.717) is 0 Å². The Morgan fingerprint density at radius 3 is 3.22 bits per heavy atom. The van der Waals surface area contributed by atoms with Gasteiger partial charge in [0.15, 0.2) is 0 Å². The average Bonchev–Trinajstić information content (AvgIpc) is 2.33. The highest BCUT2D eigenvalue weighted by molar-refractivity contribution is 7.12. The topological polar surface area (TPSA) is 38.7 Å². The van der Waals surface area contributed by atoms with Crippen LogP contribution in [0.2, 0.25) is 0 Å². The number of rotatable bonds is 0. The van der Waals surface area contributed by atoms with Gasteiger partial charge in [-0.1, -0.05) is 0 Å². The summed E-state index contributed by atoms with van der Waals surface area (Å²) in [4.78, 5) is 8.78. The molecule has 44 valence electrons. The Morgan fingerprint density at radius 1 is 1.33 bits per heavy atom. The smallest absolute Gasteiger partial charge is 0.146 e. The molecule has 4 heteroatoms. The van der Waals surface area contributed by atoms with Crippen LogP contribution in [0.5, 0.6) is 0 Å². The van der Waals surface area contributed by atoms with Crippen molar-refractivity contribution in [1.29, 1.82) is 0 Å². The van der Waals surface area contributed by atoms with Crippen molar-refractivity contribution in [1.82, 2.24) is 14.3 Å². The summed E-state index contributed by atoms with van der Waals surface area (Å²) in [6.07, 6.45) is 5.05. The third-order valence-electron chi connectivity index (χ3n) is 1.03. The summed E-state index contributed by atoms with van der Waals surface area (Å²) in [5, 5.41) is 1.02. The predicted molar refractivity (Wildman–Crippen MR) is 35.2 cm³/mol. The predicted octanol–water partition coefficient (Wildman–Crippen LogP) is 1.09. The van der Waals surface area contributed by atoms with Gasteiger partial charge in [0.25, 0.3) is 0 Å². The Balaban J connectivity index is 2.95. The number of nitrogens with zero attached hydrogens (tertiary/aromatic N) is 3. The second kappa shape index (κ2) is 1.73. The highest BCUT2D eigenvalue weighted by Crippen LogP contribution is 2.11. The fraction of sp³-hybridized carbons (Fsp3) is 0. The fourth-order valence-electron chi connectivity index (χ4n) is 0.627. The minimum atomic E-state index is 0.949. The fourth-order valence-corrected chi connectivity index (χ4v) is 1.20. The molecule has 0 unspecified atom stereocenters. The Labute approximate surface area is 55.6 Å². The van der Waals surface area contributed by atoms with Gasteiger partial charge in [0.05, 0.1) is 6.20 Å². The van der Waals surface area contributed by atoms with E-state index in [1.807, 2.05) is 0 Å². The van der Waals surface area contributed by atoms with E-state index in [0.717, 1.165) is 10.2 Å². The van der Waals surface area contributed by atoms with Crippen molar-refractivity contribution in [2.24, 2.45) is 0 Å². The van der Waals surface area contributed by atoms with E-state index in [9.17, 15) is 0 Å². The average molecular weight is 137 g/mol. The van der Waals surface area contributed by atoms with E-state index in [1.54, 1.807) is 12.4 Å². The Kier molecular flexibility index (Phi) is 0.927. The molecule has 0 radical (unpaired) electrons. The van der Waals surface area contributed by atoms with Crippen LogP contribution < -0.4 is 0 Å². The maximum Gasteiger partial charge on any atom is 0.146 e. The van der Waals surface area contributed by atoms with Crippen LogP contribution >= 0.6 is 11.5 Å². The first-order valence-electron chi connectivity index (χ1n) is 2.47. The van der Waals surface area contributed by atoms with Gasteiger partial charge in [-0.15, -0.1) is 0 Å². The molecule has 0 aliphatic carbocycles. The van der Waals surface area contributed by atoms with Gasteiger partial charge in [0.2, 0.25) is 0 Å². The van der Waals surface area contributed by atoms with Crippen LogP contribution in [-0.2, 0) is 0 Å². The SMILES string of the molecule is c1ncc2cnsc2n1. The molecule has 0 aliphatic rings. The molecule has 0 aromatic carbocycles. The van der Waals surface area contributed by atoms with E-state index in [1.165, 1.54) is 17.9 Å². The molecule has 0 atom stereocenters. The van der Waals surface area contributed by atoms with E-state index in [2.05, 4.69) is 14.3 Å². The lowest BCUT2D eigenvalue weighted by Gasteiger charge is -1.79. The molecule has 0 aliphatic heterocycles. The van der Waals surface area contributed by atoms with Crippen molar-refractivity contribution < 1.29 is 0 Å². The van der Waals surface area contributed by atoms with Gasteiger partial charge >= 0.3 is 0 Å². The highest BCUT2D eigenvalue weighted by atomic mass is 32.1. The molecule has 9 heavy (non-hydrogen) atoms. The van der Waals surface area contributed by atoms with Gasteiger partial charge in [-0.25, -0.2) is 9.97 Å². The van der Waals surface area contributed by atoms with Crippen LogP contribution in [-0.4, -0.2) is 14.3 Å². The van der Waals surface area contributed by atoms with Crippen molar-refractivity contribution >= 4 is 21.7 Å². The first kappa shape index (κ1) is 4.81. The van der Waals surface area contributed by atoms with Crippen LogP contribution in [0.15, 0.2) is 18.7 Å². The largest absolute Gasteiger partial charge is 0.244 e. The second-order valence-electron chi connectivity index (χ2n) is 1.61. The Hall–Kier alpha value is -1.03. The molecule has 2 aromatic rings. The van der Waals surface area contributed by atoms with Gasteiger partial charge in [-0.05, 0) is 11.5 Å². The van der Waals surface area contributed by atoms with Crippen LogP contribution in [0, 0.1) is 0 Å². The van der Waals surface area contributed by atoms with Crippen molar-refractivity contribution in [2.75, 3.05) is 0 Å². The van der Waals surface area contributed by atoms with Crippen molar-refractivity contribution in [3.05, 3.63) is 18.7 Å². The van der Waals surface area contributed by atoms with Crippen LogP contribution in [0.4, 0.5) is 0 Å². The number of hydrogen-bond donors (Lipinski definition) is 0. The molecule has 2 rings (SSSR count). The summed E-state index contributed by atoms with van der Waals surface area (Å²) in [7, 11) is 0. The number of fused-ring (bicyclic) bond motifs is 1. The van der Waals surface area contributed by atoms with Gasteiger partial charge in [0, 0.05) is 11.6 Å². The first-order chi connectivity index (χ1) is 4.47. The zero-order chi connectivity index (χ0) is 6.10. The summed E-state index contributed by atoms with van der Waals surface area (Å²) in [5.41, 5.74) is 0. The van der Waals surface area contributed by atoms with E-state index >= 15 is 0 Å². The molecule has 0 saturated carbocycles. The summed E-state index contributed by atoms with van der Waals surface area (Å²) < 4.78 is 3.94. The van der Waals surface area contributed by atoms with E-state index in [-0.39, 0.29) is 0 Å². The van der Waals surface area contributed by atoms with Crippen LogP contribution in [0.1, 0.15) is 0 Å². The monoisotopic (exact) mass is 137 g/mol. The molecular weight excluding hydrogens is 134 g/mol. The van der Waals surface area contributed by atoms with Crippen molar-refractivity contribution in [3.8, 4) is 0 Å². The summed E-state index contributed by atoms with van der Waals surface area (Å²) >= 11 is 1.39. The normalized spacial score (nSPS) is 10.2. The molecule has 2 aromatic heterocycles. The van der Waals surface area contributed by atoms with Crippen LogP contribution in [0.3, 0.4) is 0 Å². The zero-order valence-electron chi connectivity index (χ0n) is 4.48. The van der Waals surface area contributed by atoms with Gasteiger partial charge in [0.1, 0.15) is 11.2 Å². The summed E-state index contributed by atoms with van der Waals surface area (Å²) in [6, 6.07) is 0. The lowest BCUT2D eigenvalue weighted by atomic mass is 10.5. The third kappa shape index (κ3) is 0.675. The van der Waals surface area contributed by atoms with Crippen molar-refractivity contribution in [3.63, 3.8) is 0 Å². The van der Waals surface area contributed by atoms with Gasteiger partial charge < -0.3 is 0 Å². The van der Waals surface area contributed by atoms with Crippen LogP contribution in [0.25, 0.3) is 10.2 Å². The molecule has 0 saturated heterocycles.